The van der Waals surface area contributed by atoms with Crippen LogP contribution in [0.1, 0.15) is 31.7 Å². The van der Waals surface area contributed by atoms with Crippen LogP contribution < -0.4 is 5.32 Å². The third-order valence-electron chi connectivity index (χ3n) is 6.20. The van der Waals surface area contributed by atoms with Gasteiger partial charge in [-0.3, -0.25) is 4.79 Å². The van der Waals surface area contributed by atoms with Crippen molar-refractivity contribution in [3.63, 3.8) is 0 Å². The highest BCUT2D eigenvalue weighted by molar-refractivity contribution is 5.90. The van der Waals surface area contributed by atoms with Crippen LogP contribution in [-0.2, 0) is 25.5 Å². The lowest BCUT2D eigenvalue weighted by Crippen LogP contribution is -2.33. The number of carbonyl (C=O) groups is 1. The van der Waals surface area contributed by atoms with E-state index in [4.69, 9.17) is 14.2 Å². The molecule has 0 spiro atoms. The number of hydrogen-bond donors (Lipinski definition) is 2. The molecule has 1 atom stereocenters. The van der Waals surface area contributed by atoms with Crippen molar-refractivity contribution in [1.29, 1.82) is 0 Å². The Morgan fingerprint density at radius 2 is 2.11 bits per heavy atom. The molecule has 0 saturated carbocycles. The Morgan fingerprint density at radius 3 is 2.97 bits per heavy atom. The van der Waals surface area contributed by atoms with Crippen LogP contribution in [0.15, 0.2) is 36.2 Å². The monoisotopic (exact) mass is 484 g/mol. The second kappa shape index (κ2) is 12.0. The number of H-pyrrole nitrogens is 1. The average molecular weight is 485 g/mol. The molecule has 1 unspecified atom stereocenters. The number of hydrogen-bond acceptors (Lipinski definition) is 8. The number of nitrogens with one attached hydrogen (secondary N) is 2. The van der Waals surface area contributed by atoms with Crippen molar-refractivity contribution in [3.05, 3.63) is 41.8 Å². The third-order valence-corrected chi connectivity index (χ3v) is 6.20. The SMILES string of the molecule is CCOCCCOC1=C2CC(C=C1)Nc1ncnc3[nH]cc(c13)CN(C)CCCN(C)C(=O)CO2. The zero-order valence-electron chi connectivity index (χ0n) is 20.9. The molecule has 0 radical (unpaired) electrons. The van der Waals surface area contributed by atoms with E-state index < -0.39 is 0 Å². The van der Waals surface area contributed by atoms with Crippen LogP contribution in [0.4, 0.5) is 5.82 Å². The Balaban J connectivity index is 1.58. The van der Waals surface area contributed by atoms with Gasteiger partial charge in [-0.05, 0) is 38.6 Å². The summed E-state index contributed by atoms with van der Waals surface area (Å²) in [6.07, 6.45) is 9.72. The Morgan fingerprint density at radius 1 is 1.23 bits per heavy atom. The first-order valence-corrected chi connectivity index (χ1v) is 12.3. The topological polar surface area (TPSA) is 105 Å². The summed E-state index contributed by atoms with van der Waals surface area (Å²) in [5.41, 5.74) is 1.94. The maximum Gasteiger partial charge on any atom is 0.260 e. The third kappa shape index (κ3) is 6.52. The van der Waals surface area contributed by atoms with Gasteiger partial charge in [0.05, 0.1) is 18.0 Å². The van der Waals surface area contributed by atoms with Crippen molar-refractivity contribution in [2.24, 2.45) is 0 Å². The molecule has 2 bridgehead atoms. The van der Waals surface area contributed by atoms with Crippen LogP contribution in [0.2, 0.25) is 0 Å². The van der Waals surface area contributed by atoms with Crippen LogP contribution >= 0.6 is 0 Å². The van der Waals surface area contributed by atoms with Gasteiger partial charge in [-0.1, -0.05) is 6.08 Å². The van der Waals surface area contributed by atoms with Gasteiger partial charge in [-0.15, -0.1) is 0 Å². The van der Waals surface area contributed by atoms with Gasteiger partial charge in [-0.25, -0.2) is 9.97 Å². The van der Waals surface area contributed by atoms with E-state index in [0.717, 1.165) is 48.3 Å². The predicted octanol–water partition coefficient (Wildman–Crippen LogP) is 2.66. The fourth-order valence-corrected chi connectivity index (χ4v) is 4.28. The summed E-state index contributed by atoms with van der Waals surface area (Å²) in [7, 11) is 3.91. The van der Waals surface area contributed by atoms with Crippen LogP contribution in [0.5, 0.6) is 0 Å². The Hall–Kier alpha value is -3.11. The van der Waals surface area contributed by atoms with Crippen molar-refractivity contribution in [2.45, 2.75) is 38.8 Å². The molecule has 3 heterocycles. The summed E-state index contributed by atoms with van der Waals surface area (Å²) in [6, 6.07) is -0.0694. The second-order valence-corrected chi connectivity index (χ2v) is 8.96. The lowest BCUT2D eigenvalue weighted by atomic mass is 10.1. The first kappa shape index (κ1) is 25.0. The number of aromatic amines is 1. The molecule has 35 heavy (non-hydrogen) atoms. The quantitative estimate of drug-likeness (QED) is 0.603. The number of ether oxygens (including phenoxy) is 3. The number of amides is 1. The van der Waals surface area contributed by atoms with E-state index in [-0.39, 0.29) is 18.6 Å². The smallest absolute Gasteiger partial charge is 0.260 e. The maximum absolute atomic E-state index is 12.7. The lowest BCUT2D eigenvalue weighted by molar-refractivity contribution is -0.133. The largest absolute Gasteiger partial charge is 0.490 e. The van der Waals surface area contributed by atoms with Gasteiger partial charge < -0.3 is 34.3 Å². The number of likely N-dealkylation sites (N-methyl/N-ethyl adjacent to an activating group) is 1. The molecule has 10 heteroatoms. The predicted molar refractivity (Wildman–Crippen MR) is 134 cm³/mol. The molecule has 2 N–H and O–H groups in total. The molecular formula is C25H36N6O4. The lowest BCUT2D eigenvalue weighted by Gasteiger charge is -2.26. The first-order chi connectivity index (χ1) is 17.0. The molecule has 2 aromatic heterocycles. The Kier molecular flexibility index (Phi) is 8.59. The summed E-state index contributed by atoms with van der Waals surface area (Å²) >= 11 is 0. The highest BCUT2D eigenvalue weighted by Gasteiger charge is 2.23. The van der Waals surface area contributed by atoms with Crippen LogP contribution in [0.3, 0.4) is 0 Å². The minimum Gasteiger partial charge on any atom is -0.490 e. The zero-order chi connectivity index (χ0) is 24.6. The summed E-state index contributed by atoms with van der Waals surface area (Å²) in [6.45, 7) is 6.09. The van der Waals surface area contributed by atoms with E-state index in [1.807, 2.05) is 32.3 Å². The molecule has 1 amide bonds. The average Bonchev–Trinajstić information content (AvgIpc) is 3.26. The minimum absolute atomic E-state index is 0.0201. The van der Waals surface area contributed by atoms with Gasteiger partial charge in [0.1, 0.15) is 23.6 Å². The standard InChI is InChI=1S/C25H36N6O4/c1-4-33-11-6-12-34-20-8-7-19-13-21(20)35-16-22(32)31(3)10-5-9-30(2)15-18-14-26-24-23(18)25(29-19)28-17-27-24/h7-8,14,17,19H,4-6,9-13,15-16H2,1-3H3,(H2,26,27,28,29). The summed E-state index contributed by atoms with van der Waals surface area (Å²) in [5.74, 6) is 2.05. The molecule has 190 valence electrons. The fraction of sp³-hybridized carbons (Fsp3) is 0.560. The number of aromatic nitrogens is 3. The number of nitrogens with zero attached hydrogens (tertiary/aromatic N) is 4. The molecule has 0 aromatic carbocycles. The number of carbonyl (C=O) groups excluding carboxylic acids is 1. The molecule has 1 aliphatic carbocycles. The normalized spacial score (nSPS) is 20.1. The molecule has 10 nitrogen and oxygen atoms in total. The molecule has 2 aromatic rings. The molecule has 0 saturated heterocycles. The van der Waals surface area contributed by atoms with E-state index >= 15 is 0 Å². The van der Waals surface area contributed by atoms with Gasteiger partial charge in [0.15, 0.2) is 12.4 Å². The van der Waals surface area contributed by atoms with Crippen LogP contribution in [0.25, 0.3) is 11.0 Å². The van der Waals surface area contributed by atoms with E-state index in [1.54, 1.807) is 11.2 Å². The van der Waals surface area contributed by atoms with Crippen LogP contribution in [-0.4, -0.2) is 90.3 Å². The molecule has 0 fully saturated rings. The van der Waals surface area contributed by atoms with Crippen molar-refractivity contribution in [1.82, 2.24) is 24.8 Å². The first-order valence-electron chi connectivity index (χ1n) is 12.3. The van der Waals surface area contributed by atoms with Crippen molar-refractivity contribution < 1.29 is 19.0 Å². The van der Waals surface area contributed by atoms with E-state index in [1.165, 1.54) is 0 Å². The van der Waals surface area contributed by atoms with Gasteiger partial charge >= 0.3 is 0 Å². The molecule has 4 rings (SSSR count). The van der Waals surface area contributed by atoms with Crippen molar-refractivity contribution >= 4 is 22.8 Å². The highest BCUT2D eigenvalue weighted by Crippen LogP contribution is 2.28. The second-order valence-electron chi connectivity index (χ2n) is 8.96. The number of allylic oxidation sites excluding steroid dienone is 1. The van der Waals surface area contributed by atoms with Gasteiger partial charge in [-0.2, -0.15) is 0 Å². The molecule has 1 aliphatic heterocycles. The Labute approximate surface area is 206 Å². The van der Waals surface area contributed by atoms with Gasteiger partial charge in [0.2, 0.25) is 0 Å². The van der Waals surface area contributed by atoms with Gasteiger partial charge in [0, 0.05) is 52.4 Å². The maximum atomic E-state index is 12.7. The summed E-state index contributed by atoms with van der Waals surface area (Å²) < 4.78 is 17.4. The minimum atomic E-state index is -0.0694. The number of fused-ring (bicyclic) bond motifs is 2. The fourth-order valence-electron chi connectivity index (χ4n) is 4.28. The van der Waals surface area contributed by atoms with Crippen LogP contribution in [0, 0.1) is 0 Å². The van der Waals surface area contributed by atoms with E-state index in [9.17, 15) is 4.79 Å². The van der Waals surface area contributed by atoms with E-state index in [2.05, 4.69) is 32.2 Å². The number of rotatable bonds is 6. The highest BCUT2D eigenvalue weighted by atomic mass is 16.5. The number of anilines is 1. The van der Waals surface area contributed by atoms with E-state index in [0.29, 0.717) is 44.3 Å². The summed E-state index contributed by atoms with van der Waals surface area (Å²) in [4.78, 5) is 28.9. The Bertz CT molecular complexity index is 1070. The molecule has 2 aliphatic rings. The molecular weight excluding hydrogens is 448 g/mol. The van der Waals surface area contributed by atoms with Crippen molar-refractivity contribution in [2.75, 3.05) is 58.9 Å². The summed E-state index contributed by atoms with van der Waals surface area (Å²) in [5, 5.41) is 4.54. The van der Waals surface area contributed by atoms with Crippen molar-refractivity contribution in [3.8, 4) is 0 Å². The van der Waals surface area contributed by atoms with Gasteiger partial charge in [0.25, 0.3) is 5.91 Å². The zero-order valence-corrected chi connectivity index (χ0v) is 20.9.